The van der Waals surface area contributed by atoms with E-state index < -0.39 is 10.0 Å². The summed E-state index contributed by atoms with van der Waals surface area (Å²) in [5.74, 6) is 0.535. The van der Waals surface area contributed by atoms with Gasteiger partial charge in [0.1, 0.15) is 6.42 Å². The summed E-state index contributed by atoms with van der Waals surface area (Å²) in [4.78, 5) is 13.9. The zero-order valence-electron chi connectivity index (χ0n) is 14.0. The monoisotopic (exact) mass is 364 g/mol. The second-order valence-corrected chi connectivity index (χ2v) is 7.88. The first-order valence-electron chi connectivity index (χ1n) is 8.02. The minimum absolute atomic E-state index is 0.0248. The Kier molecular flexibility index (Phi) is 5.14. The van der Waals surface area contributed by atoms with E-state index in [0.717, 1.165) is 5.56 Å². The summed E-state index contributed by atoms with van der Waals surface area (Å²) in [6, 6.07) is 9.08. The molecule has 0 N–H and O–H groups in total. The molecule has 8 nitrogen and oxygen atoms in total. The normalized spacial score (nSPS) is 16.1. The molecule has 2 heterocycles. The molecule has 0 saturated carbocycles. The van der Waals surface area contributed by atoms with E-state index in [2.05, 4.69) is 10.2 Å². The summed E-state index contributed by atoms with van der Waals surface area (Å²) in [6.07, 6.45) is 0.0393. The second kappa shape index (κ2) is 7.32. The first-order valence-corrected chi connectivity index (χ1v) is 9.63. The third kappa shape index (κ3) is 4.43. The van der Waals surface area contributed by atoms with Gasteiger partial charge in [0.25, 0.3) is 0 Å². The van der Waals surface area contributed by atoms with Crippen LogP contribution in [-0.2, 0) is 27.0 Å². The number of hydrogen-bond donors (Lipinski definition) is 0. The lowest BCUT2D eigenvalue weighted by Crippen LogP contribution is -2.51. The molecule has 1 aromatic carbocycles. The van der Waals surface area contributed by atoms with Gasteiger partial charge in [-0.05, 0) is 5.56 Å². The van der Waals surface area contributed by atoms with Crippen LogP contribution in [0.2, 0.25) is 0 Å². The quantitative estimate of drug-likeness (QED) is 0.771. The van der Waals surface area contributed by atoms with Crippen LogP contribution in [0.4, 0.5) is 0 Å². The maximum Gasteiger partial charge on any atom is 0.232 e. The van der Waals surface area contributed by atoms with Gasteiger partial charge in [0.2, 0.25) is 27.7 Å². The number of aryl methyl sites for hydroxylation is 1. The fourth-order valence-corrected chi connectivity index (χ4v) is 4.26. The lowest BCUT2D eigenvalue weighted by Gasteiger charge is -2.33. The molecule has 0 bridgehead atoms. The van der Waals surface area contributed by atoms with Crippen LogP contribution in [0.3, 0.4) is 0 Å². The van der Waals surface area contributed by atoms with Crippen molar-refractivity contribution in [3.63, 3.8) is 0 Å². The number of amides is 1. The van der Waals surface area contributed by atoms with Gasteiger partial charge in [-0.15, -0.1) is 10.2 Å². The molecule has 1 aromatic heterocycles. The van der Waals surface area contributed by atoms with Crippen molar-refractivity contribution < 1.29 is 17.6 Å². The molecular weight excluding hydrogens is 344 g/mol. The van der Waals surface area contributed by atoms with Crippen LogP contribution in [0.5, 0.6) is 0 Å². The number of aromatic nitrogens is 2. The van der Waals surface area contributed by atoms with Crippen LogP contribution < -0.4 is 0 Å². The third-order valence-electron chi connectivity index (χ3n) is 4.05. The van der Waals surface area contributed by atoms with Gasteiger partial charge in [-0.25, -0.2) is 8.42 Å². The summed E-state index contributed by atoms with van der Waals surface area (Å²) >= 11 is 0. The number of hydrogen-bond acceptors (Lipinski definition) is 6. The van der Waals surface area contributed by atoms with Gasteiger partial charge in [0.05, 0.1) is 5.75 Å². The average Bonchev–Trinajstić information content (AvgIpc) is 3.00. The Morgan fingerprint density at radius 2 is 1.80 bits per heavy atom. The molecule has 9 heteroatoms. The van der Waals surface area contributed by atoms with E-state index in [0.29, 0.717) is 32.1 Å². The molecule has 1 saturated heterocycles. The third-order valence-corrected chi connectivity index (χ3v) is 5.90. The summed E-state index contributed by atoms with van der Waals surface area (Å²) in [5, 5.41) is 7.51. The van der Waals surface area contributed by atoms with Crippen LogP contribution >= 0.6 is 0 Å². The van der Waals surface area contributed by atoms with Gasteiger partial charge >= 0.3 is 0 Å². The van der Waals surface area contributed by atoms with Crippen molar-refractivity contribution in [3.05, 3.63) is 47.7 Å². The van der Waals surface area contributed by atoms with Crippen molar-refractivity contribution in [2.75, 3.05) is 26.2 Å². The van der Waals surface area contributed by atoms with Crippen molar-refractivity contribution >= 4 is 15.9 Å². The van der Waals surface area contributed by atoms with Crippen LogP contribution in [-0.4, -0.2) is 59.9 Å². The standard InChI is InChI=1S/C16H20N4O4S/c1-13-17-18-15(24-13)11-16(21)19-7-9-20(10-8-19)25(22,23)12-14-5-3-2-4-6-14/h2-6H,7-12H2,1H3. The van der Waals surface area contributed by atoms with Gasteiger partial charge in [-0.2, -0.15) is 4.31 Å². The van der Waals surface area contributed by atoms with E-state index in [9.17, 15) is 13.2 Å². The lowest BCUT2D eigenvalue weighted by molar-refractivity contribution is -0.132. The number of carbonyl (C=O) groups is 1. The number of carbonyl (C=O) groups excluding carboxylic acids is 1. The molecule has 1 fully saturated rings. The maximum atomic E-state index is 12.5. The van der Waals surface area contributed by atoms with Crippen LogP contribution in [0.25, 0.3) is 0 Å². The van der Waals surface area contributed by atoms with Crippen LogP contribution in [0.1, 0.15) is 17.3 Å². The molecule has 0 spiro atoms. The highest BCUT2D eigenvalue weighted by Gasteiger charge is 2.29. The average molecular weight is 364 g/mol. The topological polar surface area (TPSA) is 96.6 Å². The van der Waals surface area contributed by atoms with Crippen molar-refractivity contribution in [2.24, 2.45) is 0 Å². The van der Waals surface area contributed by atoms with Crippen molar-refractivity contribution in [1.82, 2.24) is 19.4 Å². The van der Waals surface area contributed by atoms with E-state index in [4.69, 9.17) is 4.42 Å². The number of benzene rings is 1. The number of nitrogens with zero attached hydrogens (tertiary/aromatic N) is 4. The Morgan fingerprint density at radius 3 is 2.40 bits per heavy atom. The zero-order chi connectivity index (χ0) is 17.9. The predicted molar refractivity (Wildman–Crippen MR) is 90.0 cm³/mol. The van der Waals surface area contributed by atoms with E-state index in [1.807, 2.05) is 18.2 Å². The van der Waals surface area contributed by atoms with Gasteiger partial charge in [-0.3, -0.25) is 4.79 Å². The molecule has 2 aromatic rings. The second-order valence-electron chi connectivity index (χ2n) is 5.91. The summed E-state index contributed by atoms with van der Waals surface area (Å²) in [7, 11) is -3.39. The Hall–Kier alpha value is -2.26. The highest BCUT2D eigenvalue weighted by molar-refractivity contribution is 7.88. The highest BCUT2D eigenvalue weighted by atomic mass is 32.2. The molecular formula is C16H20N4O4S. The van der Waals surface area contributed by atoms with Gasteiger partial charge < -0.3 is 9.32 Å². The minimum Gasteiger partial charge on any atom is -0.425 e. The largest absolute Gasteiger partial charge is 0.425 e. The molecule has 0 aliphatic carbocycles. The Morgan fingerprint density at radius 1 is 1.12 bits per heavy atom. The van der Waals surface area contributed by atoms with E-state index in [-0.39, 0.29) is 24.0 Å². The number of sulfonamides is 1. The summed E-state index contributed by atoms with van der Waals surface area (Å²) in [5.41, 5.74) is 0.757. The molecule has 0 unspecified atom stereocenters. The molecule has 1 aliphatic heterocycles. The maximum absolute atomic E-state index is 12.5. The Balaban J connectivity index is 1.55. The Bertz CT molecular complexity index is 827. The van der Waals surface area contributed by atoms with Crippen LogP contribution in [0, 0.1) is 6.92 Å². The predicted octanol–water partition coefficient (Wildman–Crippen LogP) is 0.595. The number of rotatable bonds is 5. The first-order chi connectivity index (χ1) is 11.9. The number of piperazine rings is 1. The Labute approximate surface area is 146 Å². The van der Waals surface area contributed by atoms with Gasteiger partial charge in [0.15, 0.2) is 0 Å². The van der Waals surface area contributed by atoms with E-state index >= 15 is 0 Å². The fraction of sp³-hybridized carbons (Fsp3) is 0.438. The summed E-state index contributed by atoms with van der Waals surface area (Å²) in [6.45, 7) is 2.98. The SMILES string of the molecule is Cc1nnc(CC(=O)N2CCN(S(=O)(=O)Cc3ccccc3)CC2)o1. The van der Waals surface area contributed by atoms with E-state index in [1.54, 1.807) is 24.0 Å². The molecule has 25 heavy (non-hydrogen) atoms. The molecule has 0 radical (unpaired) electrons. The molecule has 3 rings (SSSR count). The van der Waals surface area contributed by atoms with Gasteiger partial charge in [0, 0.05) is 33.1 Å². The van der Waals surface area contributed by atoms with E-state index in [1.165, 1.54) is 4.31 Å². The van der Waals surface area contributed by atoms with Crippen molar-refractivity contribution in [1.29, 1.82) is 0 Å². The molecule has 134 valence electrons. The highest BCUT2D eigenvalue weighted by Crippen LogP contribution is 2.14. The molecule has 1 aliphatic rings. The first kappa shape index (κ1) is 17.6. The fourth-order valence-electron chi connectivity index (χ4n) is 2.74. The van der Waals surface area contributed by atoms with Crippen LogP contribution in [0.15, 0.2) is 34.7 Å². The molecule has 0 atom stereocenters. The van der Waals surface area contributed by atoms with Crippen molar-refractivity contribution in [3.8, 4) is 0 Å². The smallest absolute Gasteiger partial charge is 0.232 e. The zero-order valence-corrected chi connectivity index (χ0v) is 14.8. The lowest BCUT2D eigenvalue weighted by atomic mass is 10.2. The molecule has 1 amide bonds. The van der Waals surface area contributed by atoms with Crippen molar-refractivity contribution in [2.45, 2.75) is 19.1 Å². The minimum atomic E-state index is -3.39. The summed E-state index contributed by atoms with van der Waals surface area (Å²) < 4.78 is 31.7. The van der Waals surface area contributed by atoms with Gasteiger partial charge in [-0.1, -0.05) is 30.3 Å².